The number of hydrogen-bond acceptors (Lipinski definition) is 4. The summed E-state index contributed by atoms with van der Waals surface area (Å²) in [6, 6.07) is 3.38. The lowest BCUT2D eigenvalue weighted by molar-refractivity contribution is 0.306. The van der Waals surface area contributed by atoms with Crippen LogP contribution in [-0.4, -0.2) is 4.98 Å². The molecule has 0 aliphatic rings. The Morgan fingerprint density at radius 2 is 2.12 bits per heavy atom. The molecule has 0 unspecified atom stereocenters. The Hall–Kier alpha value is -1.69. The van der Waals surface area contributed by atoms with Crippen LogP contribution in [0.4, 0.5) is 13.9 Å². The van der Waals surface area contributed by atoms with Gasteiger partial charge in [0.05, 0.1) is 4.88 Å². The van der Waals surface area contributed by atoms with Crippen LogP contribution in [0.1, 0.15) is 4.88 Å². The van der Waals surface area contributed by atoms with E-state index >= 15 is 0 Å². The van der Waals surface area contributed by atoms with Crippen molar-refractivity contribution in [2.75, 3.05) is 5.73 Å². The summed E-state index contributed by atoms with van der Waals surface area (Å²) in [5.41, 5.74) is 5.43. The second kappa shape index (κ2) is 4.44. The molecule has 0 radical (unpaired) electrons. The molecule has 2 N–H and O–H groups in total. The lowest BCUT2D eigenvalue weighted by atomic mass is 10.3. The summed E-state index contributed by atoms with van der Waals surface area (Å²) in [6.07, 6.45) is 1.58. The SMILES string of the molecule is Nc1ncc(COc2ccc(F)c(F)c2)s1. The molecular weight excluding hydrogens is 234 g/mol. The van der Waals surface area contributed by atoms with Gasteiger partial charge in [0, 0.05) is 12.3 Å². The zero-order valence-corrected chi connectivity index (χ0v) is 8.93. The zero-order chi connectivity index (χ0) is 11.5. The van der Waals surface area contributed by atoms with E-state index in [2.05, 4.69) is 4.98 Å². The third kappa shape index (κ3) is 2.46. The fourth-order valence-electron chi connectivity index (χ4n) is 1.11. The van der Waals surface area contributed by atoms with Gasteiger partial charge in [0.1, 0.15) is 12.4 Å². The van der Waals surface area contributed by atoms with Gasteiger partial charge in [-0.3, -0.25) is 0 Å². The molecule has 0 amide bonds. The highest BCUT2D eigenvalue weighted by atomic mass is 32.1. The molecule has 16 heavy (non-hydrogen) atoms. The third-order valence-corrected chi connectivity index (χ3v) is 2.64. The summed E-state index contributed by atoms with van der Waals surface area (Å²) < 4.78 is 30.7. The molecule has 0 saturated carbocycles. The van der Waals surface area contributed by atoms with Crippen molar-refractivity contribution in [3.8, 4) is 5.75 Å². The van der Waals surface area contributed by atoms with Crippen molar-refractivity contribution in [3.63, 3.8) is 0 Å². The molecule has 1 aromatic heterocycles. The highest BCUT2D eigenvalue weighted by Crippen LogP contribution is 2.19. The van der Waals surface area contributed by atoms with Gasteiger partial charge in [-0.15, -0.1) is 0 Å². The van der Waals surface area contributed by atoms with Gasteiger partial charge < -0.3 is 10.5 Å². The minimum absolute atomic E-state index is 0.236. The first kappa shape index (κ1) is 10.8. The van der Waals surface area contributed by atoms with Crippen molar-refractivity contribution in [3.05, 3.63) is 40.9 Å². The summed E-state index contributed by atoms with van der Waals surface area (Å²) >= 11 is 1.29. The molecule has 0 saturated heterocycles. The van der Waals surface area contributed by atoms with Crippen LogP contribution in [0, 0.1) is 11.6 Å². The van der Waals surface area contributed by atoms with Gasteiger partial charge in [-0.2, -0.15) is 0 Å². The number of anilines is 1. The Morgan fingerprint density at radius 3 is 2.75 bits per heavy atom. The summed E-state index contributed by atoms with van der Waals surface area (Å²) in [4.78, 5) is 4.66. The van der Waals surface area contributed by atoms with E-state index in [0.717, 1.165) is 17.0 Å². The van der Waals surface area contributed by atoms with Crippen LogP contribution in [0.15, 0.2) is 24.4 Å². The molecule has 2 rings (SSSR count). The first-order valence-corrected chi connectivity index (χ1v) is 5.25. The fraction of sp³-hybridized carbons (Fsp3) is 0.100. The maximum absolute atomic E-state index is 12.8. The number of rotatable bonds is 3. The molecule has 0 aliphatic carbocycles. The zero-order valence-electron chi connectivity index (χ0n) is 8.11. The van der Waals surface area contributed by atoms with Crippen LogP contribution in [-0.2, 0) is 6.61 Å². The number of ether oxygens (including phenoxy) is 1. The van der Waals surface area contributed by atoms with Gasteiger partial charge in [-0.1, -0.05) is 11.3 Å². The fourth-order valence-corrected chi connectivity index (χ4v) is 1.71. The van der Waals surface area contributed by atoms with Crippen molar-refractivity contribution >= 4 is 16.5 Å². The van der Waals surface area contributed by atoms with Crippen molar-refractivity contribution in [1.82, 2.24) is 4.98 Å². The summed E-state index contributed by atoms with van der Waals surface area (Å²) in [6.45, 7) is 0.236. The van der Waals surface area contributed by atoms with Crippen molar-refractivity contribution in [1.29, 1.82) is 0 Å². The second-order valence-electron chi connectivity index (χ2n) is 3.03. The number of benzene rings is 1. The van der Waals surface area contributed by atoms with Crippen LogP contribution in [0.5, 0.6) is 5.75 Å². The van der Waals surface area contributed by atoms with Crippen LogP contribution >= 0.6 is 11.3 Å². The summed E-state index contributed by atoms with van der Waals surface area (Å²) in [5, 5.41) is 0.448. The number of halogens is 2. The van der Waals surface area contributed by atoms with Gasteiger partial charge in [0.2, 0.25) is 0 Å². The first-order chi connectivity index (χ1) is 7.65. The van der Waals surface area contributed by atoms with Crippen LogP contribution < -0.4 is 10.5 Å². The van der Waals surface area contributed by atoms with E-state index in [1.165, 1.54) is 17.4 Å². The quantitative estimate of drug-likeness (QED) is 0.899. The van der Waals surface area contributed by atoms with E-state index in [1.807, 2.05) is 0 Å². The molecule has 0 spiro atoms. The van der Waals surface area contributed by atoms with E-state index in [9.17, 15) is 8.78 Å². The largest absolute Gasteiger partial charge is 0.488 e. The lowest BCUT2D eigenvalue weighted by Crippen LogP contribution is -1.94. The molecule has 1 heterocycles. The average molecular weight is 242 g/mol. The summed E-state index contributed by atoms with van der Waals surface area (Å²) in [7, 11) is 0. The number of nitrogen functional groups attached to an aromatic ring is 1. The number of aromatic nitrogens is 1. The van der Waals surface area contributed by atoms with Crippen molar-refractivity contribution in [2.24, 2.45) is 0 Å². The van der Waals surface area contributed by atoms with Crippen LogP contribution in [0.3, 0.4) is 0 Å². The van der Waals surface area contributed by atoms with E-state index in [-0.39, 0.29) is 12.4 Å². The normalized spacial score (nSPS) is 10.4. The number of thiazole rings is 1. The molecule has 6 heteroatoms. The Balaban J connectivity index is 2.02. The number of hydrogen-bond donors (Lipinski definition) is 1. The monoisotopic (exact) mass is 242 g/mol. The lowest BCUT2D eigenvalue weighted by Gasteiger charge is -2.04. The van der Waals surface area contributed by atoms with Gasteiger partial charge in [-0.25, -0.2) is 13.8 Å². The number of nitrogens with zero attached hydrogens (tertiary/aromatic N) is 1. The van der Waals surface area contributed by atoms with Crippen molar-refractivity contribution < 1.29 is 13.5 Å². The Morgan fingerprint density at radius 1 is 1.31 bits per heavy atom. The van der Waals surface area contributed by atoms with Gasteiger partial charge in [0.15, 0.2) is 16.8 Å². The second-order valence-corrected chi connectivity index (χ2v) is 4.18. The van der Waals surface area contributed by atoms with Gasteiger partial charge >= 0.3 is 0 Å². The molecule has 3 nitrogen and oxygen atoms in total. The van der Waals surface area contributed by atoms with Crippen LogP contribution in [0.25, 0.3) is 0 Å². The Kier molecular flexibility index (Phi) is 3.00. The maximum atomic E-state index is 12.8. The van der Waals surface area contributed by atoms with E-state index in [4.69, 9.17) is 10.5 Å². The van der Waals surface area contributed by atoms with E-state index < -0.39 is 11.6 Å². The molecule has 2 aromatic rings. The topological polar surface area (TPSA) is 48.1 Å². The highest BCUT2D eigenvalue weighted by Gasteiger charge is 2.04. The molecule has 0 fully saturated rings. The predicted octanol–water partition coefficient (Wildman–Crippen LogP) is 2.58. The summed E-state index contributed by atoms with van der Waals surface area (Å²) in [5.74, 6) is -1.55. The van der Waals surface area contributed by atoms with Gasteiger partial charge in [-0.05, 0) is 12.1 Å². The van der Waals surface area contributed by atoms with Crippen LogP contribution in [0.2, 0.25) is 0 Å². The molecule has 0 atom stereocenters. The molecular formula is C10H8F2N2OS. The molecule has 0 bridgehead atoms. The smallest absolute Gasteiger partial charge is 0.180 e. The number of nitrogens with two attached hydrogens (primary N) is 1. The minimum atomic E-state index is -0.929. The highest BCUT2D eigenvalue weighted by molar-refractivity contribution is 7.15. The minimum Gasteiger partial charge on any atom is -0.488 e. The molecule has 0 aliphatic heterocycles. The molecule has 84 valence electrons. The Labute approximate surface area is 94.5 Å². The van der Waals surface area contributed by atoms with Gasteiger partial charge in [0.25, 0.3) is 0 Å². The standard InChI is InChI=1S/C10H8F2N2OS/c11-8-2-1-6(3-9(8)12)15-5-7-4-14-10(13)16-7/h1-4H,5H2,(H2,13,14). The predicted molar refractivity (Wildman–Crippen MR) is 57.2 cm³/mol. The van der Waals surface area contributed by atoms with E-state index in [0.29, 0.717) is 5.13 Å². The first-order valence-electron chi connectivity index (χ1n) is 4.43. The Bertz CT molecular complexity index is 501. The molecule has 1 aromatic carbocycles. The third-order valence-electron chi connectivity index (χ3n) is 1.84. The van der Waals surface area contributed by atoms with Crippen molar-refractivity contribution in [2.45, 2.75) is 6.61 Å². The maximum Gasteiger partial charge on any atom is 0.180 e. The average Bonchev–Trinajstić information content (AvgIpc) is 2.66. The van der Waals surface area contributed by atoms with E-state index in [1.54, 1.807) is 6.20 Å².